The van der Waals surface area contributed by atoms with E-state index in [2.05, 4.69) is 13.0 Å². The van der Waals surface area contributed by atoms with Crippen molar-refractivity contribution in [3.63, 3.8) is 0 Å². The molecule has 0 N–H and O–H groups in total. The molecule has 0 amide bonds. The van der Waals surface area contributed by atoms with Gasteiger partial charge in [0.15, 0.2) is 0 Å². The van der Waals surface area contributed by atoms with Gasteiger partial charge in [0, 0.05) is 0 Å². The zero-order chi connectivity index (χ0) is 6.97. The Labute approximate surface area is 62.6 Å². The lowest BCUT2D eigenvalue weighted by atomic mass is 10.0. The van der Waals surface area contributed by atoms with Crippen LogP contribution >= 0.6 is 0 Å². The zero-order valence-electron chi connectivity index (χ0n) is 6.61. The third kappa shape index (κ3) is 0.828. The molecule has 0 radical (unpaired) electrons. The van der Waals surface area contributed by atoms with Crippen LogP contribution in [0, 0.1) is 0 Å². The molecule has 0 aromatic rings. The van der Waals surface area contributed by atoms with Crippen molar-refractivity contribution >= 4 is 0 Å². The van der Waals surface area contributed by atoms with Crippen LogP contribution in [0.1, 0.15) is 39.0 Å². The highest BCUT2D eigenvalue weighted by Crippen LogP contribution is 2.40. The summed E-state index contributed by atoms with van der Waals surface area (Å²) in [4.78, 5) is 0. The number of hydrogen-bond donors (Lipinski definition) is 0. The van der Waals surface area contributed by atoms with E-state index in [1.807, 2.05) is 0 Å². The predicted octanol–water partition coefficient (Wildman–Crippen LogP) is 3.21. The monoisotopic (exact) mass is 134 g/mol. The van der Waals surface area contributed by atoms with Crippen LogP contribution in [0.15, 0.2) is 22.8 Å². The first-order valence-electron chi connectivity index (χ1n) is 4.30. The SMILES string of the molecule is CCCC1=C2CCC(=C1)C2. The van der Waals surface area contributed by atoms with Crippen molar-refractivity contribution in [3.8, 4) is 0 Å². The van der Waals surface area contributed by atoms with E-state index < -0.39 is 0 Å². The molecule has 2 aliphatic carbocycles. The Kier molecular flexibility index (Phi) is 1.40. The van der Waals surface area contributed by atoms with Crippen LogP contribution in [0.4, 0.5) is 0 Å². The van der Waals surface area contributed by atoms with Crippen LogP contribution in [0.3, 0.4) is 0 Å². The van der Waals surface area contributed by atoms with Crippen molar-refractivity contribution in [3.05, 3.63) is 22.8 Å². The van der Waals surface area contributed by atoms with Gasteiger partial charge in [-0.1, -0.05) is 30.6 Å². The van der Waals surface area contributed by atoms with Gasteiger partial charge >= 0.3 is 0 Å². The van der Waals surface area contributed by atoms with E-state index in [0.29, 0.717) is 0 Å². The topological polar surface area (TPSA) is 0 Å². The molecule has 0 nitrogen and oxygen atoms in total. The Morgan fingerprint density at radius 1 is 1.40 bits per heavy atom. The average molecular weight is 134 g/mol. The molecule has 2 bridgehead atoms. The summed E-state index contributed by atoms with van der Waals surface area (Å²) in [6, 6.07) is 0. The molecule has 0 heteroatoms. The van der Waals surface area contributed by atoms with Gasteiger partial charge in [0.1, 0.15) is 0 Å². The summed E-state index contributed by atoms with van der Waals surface area (Å²) >= 11 is 0. The second-order valence-electron chi connectivity index (χ2n) is 3.36. The molecule has 0 aromatic heterocycles. The minimum atomic E-state index is 1.31. The first-order valence-corrected chi connectivity index (χ1v) is 4.30. The summed E-state index contributed by atoms with van der Waals surface area (Å²) in [5.74, 6) is 0. The highest BCUT2D eigenvalue weighted by Gasteiger charge is 2.20. The minimum Gasteiger partial charge on any atom is -0.0656 e. The fraction of sp³-hybridized carbons (Fsp3) is 0.600. The highest BCUT2D eigenvalue weighted by molar-refractivity contribution is 5.43. The molecule has 0 saturated heterocycles. The van der Waals surface area contributed by atoms with Gasteiger partial charge < -0.3 is 0 Å². The standard InChI is InChI=1S/C10H14/c1-2-3-9-6-8-4-5-10(9)7-8/h6H,2-5,7H2,1H3. The molecular formula is C10H14. The fourth-order valence-corrected chi connectivity index (χ4v) is 2.03. The molecule has 0 unspecified atom stereocenters. The van der Waals surface area contributed by atoms with Crippen molar-refractivity contribution in [1.29, 1.82) is 0 Å². The van der Waals surface area contributed by atoms with Gasteiger partial charge in [-0.25, -0.2) is 0 Å². The normalized spacial score (nSPS) is 22.3. The van der Waals surface area contributed by atoms with Gasteiger partial charge in [0.2, 0.25) is 0 Å². The minimum absolute atomic E-state index is 1.31. The Bertz CT molecular complexity index is 206. The largest absolute Gasteiger partial charge is 0.0656 e. The molecule has 54 valence electrons. The third-order valence-electron chi connectivity index (χ3n) is 2.54. The first kappa shape index (κ1) is 6.21. The van der Waals surface area contributed by atoms with E-state index in [9.17, 15) is 0 Å². The molecule has 10 heavy (non-hydrogen) atoms. The fourth-order valence-electron chi connectivity index (χ4n) is 2.03. The Morgan fingerprint density at radius 3 is 2.80 bits per heavy atom. The maximum atomic E-state index is 2.43. The molecule has 2 aliphatic rings. The van der Waals surface area contributed by atoms with E-state index in [0.717, 1.165) is 0 Å². The van der Waals surface area contributed by atoms with Gasteiger partial charge in [-0.2, -0.15) is 0 Å². The lowest BCUT2D eigenvalue weighted by molar-refractivity contribution is 0.891. The second-order valence-corrected chi connectivity index (χ2v) is 3.36. The van der Waals surface area contributed by atoms with E-state index in [1.54, 1.807) is 16.7 Å². The molecule has 0 aliphatic heterocycles. The third-order valence-corrected chi connectivity index (χ3v) is 2.54. The Balaban J connectivity index is 2.16. The molecule has 1 fully saturated rings. The zero-order valence-corrected chi connectivity index (χ0v) is 6.61. The van der Waals surface area contributed by atoms with Crippen molar-refractivity contribution < 1.29 is 0 Å². The van der Waals surface area contributed by atoms with Crippen molar-refractivity contribution in [2.24, 2.45) is 0 Å². The van der Waals surface area contributed by atoms with Crippen LogP contribution in [-0.4, -0.2) is 0 Å². The van der Waals surface area contributed by atoms with Crippen LogP contribution in [0.5, 0.6) is 0 Å². The molecular weight excluding hydrogens is 120 g/mol. The van der Waals surface area contributed by atoms with Gasteiger partial charge in [0.25, 0.3) is 0 Å². The number of allylic oxidation sites excluding steroid dienone is 4. The molecule has 1 saturated carbocycles. The average Bonchev–Trinajstić information content (AvgIpc) is 2.48. The van der Waals surface area contributed by atoms with E-state index >= 15 is 0 Å². The van der Waals surface area contributed by atoms with Crippen LogP contribution < -0.4 is 0 Å². The van der Waals surface area contributed by atoms with Gasteiger partial charge in [-0.3, -0.25) is 0 Å². The van der Waals surface area contributed by atoms with Crippen LogP contribution in [-0.2, 0) is 0 Å². The first-order chi connectivity index (χ1) is 4.90. The quantitative estimate of drug-likeness (QED) is 0.544. The summed E-state index contributed by atoms with van der Waals surface area (Å²) in [6.45, 7) is 2.26. The van der Waals surface area contributed by atoms with Gasteiger partial charge in [0.05, 0.1) is 0 Å². The Morgan fingerprint density at radius 2 is 2.30 bits per heavy atom. The summed E-state index contributed by atoms with van der Waals surface area (Å²) in [5.41, 5.74) is 5.11. The van der Waals surface area contributed by atoms with E-state index in [4.69, 9.17) is 0 Å². The van der Waals surface area contributed by atoms with Gasteiger partial charge in [-0.05, 0) is 31.3 Å². The lowest BCUT2D eigenvalue weighted by Crippen LogP contribution is -1.83. The molecule has 0 atom stereocenters. The smallest absolute Gasteiger partial charge is 0.00992 e. The summed E-state index contributed by atoms with van der Waals surface area (Å²) in [5, 5.41) is 0. The predicted molar refractivity (Wildman–Crippen MR) is 43.9 cm³/mol. The summed E-state index contributed by atoms with van der Waals surface area (Å²) < 4.78 is 0. The lowest BCUT2D eigenvalue weighted by Gasteiger charge is -2.03. The maximum absolute atomic E-state index is 2.43. The molecule has 2 rings (SSSR count). The number of fused-ring (bicyclic) bond motifs is 2. The van der Waals surface area contributed by atoms with E-state index in [-0.39, 0.29) is 0 Å². The number of hydrogen-bond acceptors (Lipinski definition) is 0. The maximum Gasteiger partial charge on any atom is -0.00992 e. The second kappa shape index (κ2) is 2.26. The van der Waals surface area contributed by atoms with Crippen molar-refractivity contribution in [1.82, 2.24) is 0 Å². The van der Waals surface area contributed by atoms with Crippen LogP contribution in [0.2, 0.25) is 0 Å². The number of rotatable bonds is 2. The van der Waals surface area contributed by atoms with Gasteiger partial charge in [-0.15, -0.1) is 0 Å². The highest BCUT2D eigenvalue weighted by atomic mass is 14.3. The molecule has 0 spiro atoms. The van der Waals surface area contributed by atoms with Crippen molar-refractivity contribution in [2.45, 2.75) is 39.0 Å². The molecule has 0 heterocycles. The van der Waals surface area contributed by atoms with Crippen molar-refractivity contribution in [2.75, 3.05) is 0 Å². The summed E-state index contributed by atoms with van der Waals surface area (Å²) in [6.07, 6.45) is 9.13. The Hall–Kier alpha value is -0.520. The van der Waals surface area contributed by atoms with E-state index in [1.165, 1.54) is 32.1 Å². The molecule has 0 aromatic carbocycles. The summed E-state index contributed by atoms with van der Waals surface area (Å²) in [7, 11) is 0. The van der Waals surface area contributed by atoms with Crippen LogP contribution in [0.25, 0.3) is 0 Å².